The molecular weight excluding hydrogens is 118 g/mol. The zero-order chi connectivity index (χ0) is 6.95. The van der Waals surface area contributed by atoms with Crippen molar-refractivity contribution >= 4 is 0 Å². The van der Waals surface area contributed by atoms with Crippen LogP contribution in [0, 0.1) is 11.3 Å². The molecule has 0 aliphatic carbocycles. The van der Waals surface area contributed by atoms with Crippen LogP contribution in [0.3, 0.4) is 0 Å². The maximum Gasteiger partial charge on any atom is 0.130 e. The highest BCUT2D eigenvalue weighted by Crippen LogP contribution is 1.79. The molecule has 0 spiro atoms. The van der Waals surface area contributed by atoms with Gasteiger partial charge in [0.25, 0.3) is 0 Å². The monoisotopic (exact) mass is 125 g/mol. The largest absolute Gasteiger partial charge is 0.473 e. The third-order valence-electron chi connectivity index (χ3n) is 0.496. The predicted molar refractivity (Wildman–Crippen MR) is 31.4 cm³/mol. The molecule has 0 bridgehead atoms. The van der Waals surface area contributed by atoms with E-state index in [4.69, 9.17) is 10.4 Å². The van der Waals surface area contributed by atoms with Gasteiger partial charge in [-0.1, -0.05) is 0 Å². The summed E-state index contributed by atoms with van der Waals surface area (Å²) in [5.41, 5.74) is 0. The van der Waals surface area contributed by atoms with Crippen LogP contribution in [-0.4, -0.2) is 11.7 Å². The van der Waals surface area contributed by atoms with Crippen molar-refractivity contribution in [2.24, 2.45) is 0 Å². The summed E-state index contributed by atoms with van der Waals surface area (Å²) in [6.45, 7) is -0.375. The quantitative estimate of drug-likeness (QED) is 0.521. The fourth-order valence-corrected chi connectivity index (χ4v) is 0.227. The molecule has 1 heterocycles. The zero-order valence-corrected chi connectivity index (χ0v) is 4.82. The Kier molecular flexibility index (Phi) is 5.78. The first-order valence-electron chi connectivity index (χ1n) is 2.36. The van der Waals surface area contributed by atoms with E-state index in [1.54, 1.807) is 12.5 Å². The molecule has 1 rings (SSSR count). The second-order valence-corrected chi connectivity index (χ2v) is 1.11. The number of hydrogen-bond donors (Lipinski definition) is 1. The minimum Gasteiger partial charge on any atom is -0.473 e. The van der Waals surface area contributed by atoms with Crippen LogP contribution in [0.5, 0.6) is 0 Å². The summed E-state index contributed by atoms with van der Waals surface area (Å²) in [5, 5.41) is 14.9. The molecular formula is C6H7NO2. The summed E-state index contributed by atoms with van der Waals surface area (Å²) in [4.78, 5) is 0. The molecule has 0 radical (unpaired) electrons. The molecule has 0 atom stereocenters. The highest BCUT2D eigenvalue weighted by molar-refractivity contribution is 4.79. The molecule has 48 valence electrons. The van der Waals surface area contributed by atoms with E-state index in [9.17, 15) is 0 Å². The van der Waals surface area contributed by atoms with Crippen molar-refractivity contribution < 1.29 is 9.52 Å². The third kappa shape index (κ3) is 6.73. The molecule has 0 saturated heterocycles. The van der Waals surface area contributed by atoms with Crippen molar-refractivity contribution in [3.63, 3.8) is 0 Å². The Hall–Kier alpha value is -1.27. The molecule has 3 heteroatoms. The van der Waals surface area contributed by atoms with E-state index in [1.807, 2.05) is 12.1 Å². The van der Waals surface area contributed by atoms with Crippen molar-refractivity contribution in [2.75, 3.05) is 6.61 Å². The topological polar surface area (TPSA) is 57.2 Å². The lowest BCUT2D eigenvalue weighted by Gasteiger charge is -1.50. The number of rotatable bonds is 0. The summed E-state index contributed by atoms with van der Waals surface area (Å²) < 4.78 is 4.58. The summed E-state index contributed by atoms with van der Waals surface area (Å²) in [6, 6.07) is 5.15. The molecule has 3 nitrogen and oxygen atoms in total. The smallest absolute Gasteiger partial charge is 0.130 e. The Morgan fingerprint density at radius 2 is 1.89 bits per heavy atom. The number of aliphatic hydroxyl groups is 1. The molecule has 0 fully saturated rings. The van der Waals surface area contributed by atoms with Crippen molar-refractivity contribution in [3.05, 3.63) is 24.7 Å². The van der Waals surface area contributed by atoms with Gasteiger partial charge in [0, 0.05) is 0 Å². The van der Waals surface area contributed by atoms with E-state index in [2.05, 4.69) is 4.42 Å². The molecule has 1 aromatic rings. The Balaban J connectivity index is 0.000000148. The Morgan fingerprint density at radius 3 is 2.00 bits per heavy atom. The highest BCUT2D eigenvalue weighted by atomic mass is 16.3. The molecule has 0 aliphatic heterocycles. The average Bonchev–Trinajstić information content (AvgIpc) is 2.43. The van der Waals surface area contributed by atoms with Crippen LogP contribution in [0.15, 0.2) is 29.1 Å². The van der Waals surface area contributed by atoms with Gasteiger partial charge >= 0.3 is 0 Å². The fourth-order valence-electron chi connectivity index (χ4n) is 0.227. The molecule has 1 N–H and O–H groups in total. The van der Waals surface area contributed by atoms with Crippen molar-refractivity contribution in [1.82, 2.24) is 0 Å². The number of furan rings is 1. The number of aliphatic hydroxyl groups excluding tert-OH is 1. The van der Waals surface area contributed by atoms with Crippen LogP contribution < -0.4 is 0 Å². The number of nitrogens with zero attached hydrogens (tertiary/aromatic N) is 1. The van der Waals surface area contributed by atoms with E-state index in [0.717, 1.165) is 0 Å². The Labute approximate surface area is 53.1 Å². The summed E-state index contributed by atoms with van der Waals surface area (Å²) in [6.07, 6.45) is 3.25. The second-order valence-electron chi connectivity index (χ2n) is 1.11. The Bertz CT molecular complexity index is 135. The van der Waals surface area contributed by atoms with Gasteiger partial charge in [0.2, 0.25) is 0 Å². The van der Waals surface area contributed by atoms with Gasteiger partial charge in [0.1, 0.15) is 6.61 Å². The lowest BCUT2D eigenvalue weighted by Crippen LogP contribution is -1.64. The summed E-state index contributed by atoms with van der Waals surface area (Å²) in [5.74, 6) is 0. The second kappa shape index (κ2) is 6.73. The van der Waals surface area contributed by atoms with Gasteiger partial charge in [-0.3, -0.25) is 0 Å². The molecule has 0 aliphatic rings. The molecule has 9 heavy (non-hydrogen) atoms. The highest BCUT2D eigenvalue weighted by Gasteiger charge is 1.58. The molecule has 0 unspecified atom stereocenters. The predicted octanol–water partition coefficient (Wildman–Crippen LogP) is 0.782. The van der Waals surface area contributed by atoms with Crippen LogP contribution >= 0.6 is 0 Å². The summed E-state index contributed by atoms with van der Waals surface area (Å²) >= 11 is 0. The maximum atomic E-state index is 7.51. The van der Waals surface area contributed by atoms with Crippen molar-refractivity contribution in [1.29, 1.82) is 5.26 Å². The standard InChI is InChI=1S/C4H4O.C2H3NO/c1-2-4-5-3-1;3-1-2-4/h1-4H;4H,2H2. The zero-order valence-electron chi connectivity index (χ0n) is 4.82. The molecule has 0 aromatic carbocycles. The van der Waals surface area contributed by atoms with Gasteiger partial charge in [-0.2, -0.15) is 5.26 Å². The van der Waals surface area contributed by atoms with Gasteiger partial charge in [-0.15, -0.1) is 0 Å². The van der Waals surface area contributed by atoms with Gasteiger partial charge in [0.15, 0.2) is 0 Å². The van der Waals surface area contributed by atoms with Crippen molar-refractivity contribution in [3.8, 4) is 6.07 Å². The van der Waals surface area contributed by atoms with Crippen LogP contribution in [-0.2, 0) is 0 Å². The van der Waals surface area contributed by atoms with Gasteiger partial charge in [-0.05, 0) is 12.1 Å². The average molecular weight is 125 g/mol. The first kappa shape index (κ1) is 7.73. The normalized spacial score (nSPS) is 6.67. The first-order valence-corrected chi connectivity index (χ1v) is 2.36. The van der Waals surface area contributed by atoms with Gasteiger partial charge < -0.3 is 9.52 Å². The van der Waals surface area contributed by atoms with Gasteiger partial charge in [-0.25, -0.2) is 0 Å². The van der Waals surface area contributed by atoms with E-state index < -0.39 is 0 Å². The van der Waals surface area contributed by atoms with Crippen LogP contribution in [0.25, 0.3) is 0 Å². The minimum atomic E-state index is -0.375. The fraction of sp³-hybridized carbons (Fsp3) is 0.167. The summed E-state index contributed by atoms with van der Waals surface area (Å²) in [7, 11) is 0. The van der Waals surface area contributed by atoms with E-state index in [-0.39, 0.29) is 6.61 Å². The molecule has 0 saturated carbocycles. The first-order chi connectivity index (χ1) is 4.41. The SMILES string of the molecule is N#CCO.c1ccoc1. The lowest BCUT2D eigenvalue weighted by molar-refractivity contribution is 0.348. The number of nitriles is 1. The third-order valence-corrected chi connectivity index (χ3v) is 0.496. The van der Waals surface area contributed by atoms with Crippen LogP contribution in [0.4, 0.5) is 0 Å². The van der Waals surface area contributed by atoms with E-state index in [0.29, 0.717) is 0 Å². The number of hydrogen-bond acceptors (Lipinski definition) is 3. The van der Waals surface area contributed by atoms with E-state index >= 15 is 0 Å². The van der Waals surface area contributed by atoms with Crippen LogP contribution in [0.1, 0.15) is 0 Å². The minimum absolute atomic E-state index is 0.375. The molecule has 0 amide bonds. The lowest BCUT2D eigenvalue weighted by atomic mass is 10.7. The maximum absolute atomic E-state index is 7.51. The van der Waals surface area contributed by atoms with Gasteiger partial charge in [0.05, 0.1) is 18.6 Å². The van der Waals surface area contributed by atoms with E-state index in [1.165, 1.54) is 6.07 Å². The Morgan fingerprint density at radius 1 is 1.44 bits per heavy atom. The van der Waals surface area contributed by atoms with Crippen LogP contribution in [0.2, 0.25) is 0 Å². The molecule has 1 aromatic heterocycles. The van der Waals surface area contributed by atoms with Crippen molar-refractivity contribution in [2.45, 2.75) is 0 Å².